The van der Waals surface area contributed by atoms with Crippen LogP contribution in [0.25, 0.3) is 0 Å². The number of carbonyl (C=O) groups is 2. The molecule has 7 nitrogen and oxygen atoms in total. The Morgan fingerprint density at radius 3 is 2.60 bits per heavy atom. The fourth-order valence-electron chi connectivity index (χ4n) is 4.09. The third kappa shape index (κ3) is 6.19. The van der Waals surface area contributed by atoms with E-state index in [9.17, 15) is 9.59 Å². The van der Waals surface area contributed by atoms with Gasteiger partial charge >= 0.3 is 0 Å². The van der Waals surface area contributed by atoms with E-state index in [4.69, 9.17) is 4.74 Å². The van der Waals surface area contributed by atoms with Gasteiger partial charge in [0, 0.05) is 45.6 Å². The minimum atomic E-state index is -0.0582. The molecule has 0 spiro atoms. The largest absolute Gasteiger partial charge is 0.487 e. The smallest absolute Gasteiger partial charge is 0.227 e. The van der Waals surface area contributed by atoms with Crippen molar-refractivity contribution in [3.63, 3.8) is 0 Å². The lowest BCUT2D eigenvalue weighted by Crippen LogP contribution is -2.46. The first kappa shape index (κ1) is 22.6. The first-order chi connectivity index (χ1) is 14.5. The van der Waals surface area contributed by atoms with E-state index < -0.39 is 0 Å². The number of ether oxygens (including phenoxy) is 1. The van der Waals surface area contributed by atoms with Gasteiger partial charge in [-0.2, -0.15) is 0 Å². The fourth-order valence-corrected chi connectivity index (χ4v) is 4.09. The number of hydrogen-bond donors (Lipinski definition) is 1. The molecule has 3 rings (SSSR count). The Hall–Kier alpha value is -2.12. The molecule has 0 saturated carbocycles. The summed E-state index contributed by atoms with van der Waals surface area (Å²) in [5, 5.41) is 2.97. The van der Waals surface area contributed by atoms with Gasteiger partial charge in [0.05, 0.1) is 12.2 Å². The molecule has 1 fully saturated rings. The van der Waals surface area contributed by atoms with Crippen molar-refractivity contribution in [3.05, 3.63) is 23.8 Å². The zero-order valence-corrected chi connectivity index (χ0v) is 18.7. The van der Waals surface area contributed by atoms with E-state index in [1.807, 2.05) is 32.0 Å². The molecule has 1 aromatic rings. The van der Waals surface area contributed by atoms with Crippen molar-refractivity contribution in [2.45, 2.75) is 46.1 Å². The highest BCUT2D eigenvalue weighted by Crippen LogP contribution is 2.34. The van der Waals surface area contributed by atoms with Gasteiger partial charge < -0.3 is 24.8 Å². The van der Waals surface area contributed by atoms with E-state index in [-0.39, 0.29) is 30.8 Å². The van der Waals surface area contributed by atoms with Gasteiger partial charge in [0.15, 0.2) is 0 Å². The summed E-state index contributed by atoms with van der Waals surface area (Å²) >= 11 is 0. The Morgan fingerprint density at radius 2 is 1.87 bits per heavy atom. The van der Waals surface area contributed by atoms with Crippen LogP contribution in [0.15, 0.2) is 18.2 Å². The summed E-state index contributed by atoms with van der Waals surface area (Å²) in [4.78, 5) is 31.7. The van der Waals surface area contributed by atoms with Crippen molar-refractivity contribution in [3.8, 4) is 5.75 Å². The molecule has 0 radical (unpaired) electrons. The van der Waals surface area contributed by atoms with Gasteiger partial charge in [0.1, 0.15) is 11.9 Å². The Kier molecular flexibility index (Phi) is 8.10. The Labute approximate surface area is 180 Å². The Morgan fingerprint density at radius 1 is 1.13 bits per heavy atom. The minimum absolute atomic E-state index is 0.0269. The van der Waals surface area contributed by atoms with Crippen molar-refractivity contribution in [2.75, 3.05) is 57.3 Å². The van der Waals surface area contributed by atoms with Crippen LogP contribution in [0.2, 0.25) is 0 Å². The molecule has 1 aromatic carbocycles. The molecule has 30 heavy (non-hydrogen) atoms. The number of amides is 2. The van der Waals surface area contributed by atoms with Crippen LogP contribution in [-0.4, -0.2) is 80.1 Å². The number of aryl methyl sites for hydroxylation is 1. The summed E-state index contributed by atoms with van der Waals surface area (Å²) in [6.07, 6.45) is 1.32. The van der Waals surface area contributed by atoms with Gasteiger partial charge in [-0.05, 0) is 51.1 Å². The summed E-state index contributed by atoms with van der Waals surface area (Å²) in [6, 6.07) is 5.87. The van der Waals surface area contributed by atoms with Gasteiger partial charge in [-0.1, -0.05) is 13.0 Å². The van der Waals surface area contributed by atoms with E-state index in [0.717, 1.165) is 62.7 Å². The highest BCUT2D eigenvalue weighted by atomic mass is 16.5. The standard InChI is InChI=1S/C23H36N4O3/c1-4-25-12-14-26(15-13-25)11-5-10-24-22(28)8-9-23(29)27-17-19(3)30-21-7-6-18(2)16-20(21)27/h6-7,16,19H,4-5,8-15,17H2,1-3H3,(H,24,28)/t19-/m0/s1. The molecule has 2 aliphatic rings. The number of nitrogens with zero attached hydrogens (tertiary/aromatic N) is 3. The lowest BCUT2D eigenvalue weighted by molar-refractivity contribution is -0.125. The average molecular weight is 417 g/mol. The van der Waals surface area contributed by atoms with Gasteiger partial charge in [0.25, 0.3) is 0 Å². The van der Waals surface area contributed by atoms with E-state index in [2.05, 4.69) is 22.0 Å². The summed E-state index contributed by atoms with van der Waals surface area (Å²) in [5.74, 6) is 0.655. The van der Waals surface area contributed by atoms with E-state index in [1.165, 1.54) is 0 Å². The molecule has 0 aromatic heterocycles. The molecule has 2 heterocycles. The second-order valence-electron chi connectivity index (χ2n) is 8.38. The third-order valence-corrected chi connectivity index (χ3v) is 5.93. The number of carbonyl (C=O) groups excluding carboxylic acids is 2. The van der Waals surface area contributed by atoms with Crippen LogP contribution in [0.1, 0.15) is 38.7 Å². The van der Waals surface area contributed by atoms with Gasteiger partial charge in [-0.25, -0.2) is 0 Å². The van der Waals surface area contributed by atoms with Crippen molar-refractivity contribution in [2.24, 2.45) is 0 Å². The van der Waals surface area contributed by atoms with Crippen LogP contribution >= 0.6 is 0 Å². The molecule has 1 atom stereocenters. The molecule has 7 heteroatoms. The topological polar surface area (TPSA) is 65.1 Å². The number of rotatable bonds is 8. The van der Waals surface area contributed by atoms with Crippen LogP contribution < -0.4 is 15.0 Å². The quantitative estimate of drug-likeness (QED) is 0.657. The molecule has 2 amide bonds. The molecule has 1 saturated heterocycles. The number of fused-ring (bicyclic) bond motifs is 1. The molecular weight excluding hydrogens is 380 g/mol. The molecule has 0 unspecified atom stereocenters. The van der Waals surface area contributed by atoms with Crippen LogP contribution in [-0.2, 0) is 9.59 Å². The highest BCUT2D eigenvalue weighted by Gasteiger charge is 2.27. The Balaban J connectivity index is 1.37. The van der Waals surface area contributed by atoms with E-state index >= 15 is 0 Å². The number of hydrogen-bond acceptors (Lipinski definition) is 5. The van der Waals surface area contributed by atoms with Crippen molar-refractivity contribution < 1.29 is 14.3 Å². The predicted molar refractivity (Wildman–Crippen MR) is 119 cm³/mol. The first-order valence-electron chi connectivity index (χ1n) is 11.3. The van der Waals surface area contributed by atoms with E-state index in [0.29, 0.717) is 13.1 Å². The second kappa shape index (κ2) is 10.8. The zero-order valence-electron chi connectivity index (χ0n) is 18.7. The summed E-state index contributed by atoms with van der Waals surface area (Å²) < 4.78 is 5.84. The normalized spacial score (nSPS) is 19.8. The van der Waals surface area contributed by atoms with Gasteiger partial charge in [0.2, 0.25) is 11.8 Å². The maximum Gasteiger partial charge on any atom is 0.227 e. The number of nitrogens with one attached hydrogen (secondary N) is 1. The minimum Gasteiger partial charge on any atom is -0.487 e. The van der Waals surface area contributed by atoms with Crippen molar-refractivity contribution in [1.82, 2.24) is 15.1 Å². The van der Waals surface area contributed by atoms with Crippen LogP contribution in [0.4, 0.5) is 5.69 Å². The average Bonchev–Trinajstić information content (AvgIpc) is 2.75. The monoisotopic (exact) mass is 416 g/mol. The van der Waals surface area contributed by atoms with Crippen LogP contribution in [0, 0.1) is 6.92 Å². The van der Waals surface area contributed by atoms with Crippen molar-refractivity contribution >= 4 is 17.5 Å². The van der Waals surface area contributed by atoms with Crippen molar-refractivity contribution in [1.29, 1.82) is 0 Å². The maximum absolute atomic E-state index is 12.8. The zero-order chi connectivity index (χ0) is 21.5. The second-order valence-corrected chi connectivity index (χ2v) is 8.38. The Bertz CT molecular complexity index is 731. The summed E-state index contributed by atoms with van der Waals surface area (Å²) in [5.41, 5.74) is 1.89. The molecule has 166 valence electrons. The summed E-state index contributed by atoms with van der Waals surface area (Å²) in [7, 11) is 0. The van der Waals surface area contributed by atoms with Crippen LogP contribution in [0.5, 0.6) is 5.75 Å². The number of benzene rings is 1. The van der Waals surface area contributed by atoms with Gasteiger partial charge in [-0.3, -0.25) is 9.59 Å². The fraction of sp³-hybridized carbons (Fsp3) is 0.652. The molecule has 2 aliphatic heterocycles. The molecular formula is C23H36N4O3. The third-order valence-electron chi connectivity index (χ3n) is 5.93. The predicted octanol–water partition coefficient (Wildman–Crippen LogP) is 2.03. The number of piperazine rings is 1. The maximum atomic E-state index is 12.8. The number of anilines is 1. The lowest BCUT2D eigenvalue weighted by atomic mass is 10.1. The molecule has 1 N–H and O–H groups in total. The SMILES string of the molecule is CCN1CCN(CCCNC(=O)CCC(=O)N2C[C@H](C)Oc3ccc(C)cc32)CC1. The van der Waals surface area contributed by atoms with Crippen LogP contribution in [0.3, 0.4) is 0 Å². The molecule has 0 aliphatic carbocycles. The van der Waals surface area contributed by atoms with Gasteiger partial charge in [-0.15, -0.1) is 0 Å². The highest BCUT2D eigenvalue weighted by molar-refractivity contribution is 5.97. The lowest BCUT2D eigenvalue weighted by Gasteiger charge is -2.34. The van der Waals surface area contributed by atoms with E-state index in [1.54, 1.807) is 4.90 Å². The summed E-state index contributed by atoms with van der Waals surface area (Å²) in [6.45, 7) is 14.0. The first-order valence-corrected chi connectivity index (χ1v) is 11.3. The number of likely N-dealkylation sites (N-methyl/N-ethyl adjacent to an activating group) is 1. The molecule has 0 bridgehead atoms.